The number of fused-ring (bicyclic) bond motifs is 1. The van der Waals surface area contributed by atoms with Crippen LogP contribution in [0.15, 0.2) is 42.6 Å². The SMILES string of the molecule is O=Cc1ccc(C(=O)NCCNc2nsc3ccccc23)nc1. The summed E-state index contributed by atoms with van der Waals surface area (Å²) < 4.78 is 5.49. The fourth-order valence-corrected chi connectivity index (χ4v) is 2.83. The van der Waals surface area contributed by atoms with Crippen LogP contribution in [-0.2, 0) is 0 Å². The van der Waals surface area contributed by atoms with Crippen LogP contribution in [-0.4, -0.2) is 34.6 Å². The summed E-state index contributed by atoms with van der Waals surface area (Å²) >= 11 is 1.44. The van der Waals surface area contributed by atoms with E-state index in [1.807, 2.05) is 24.3 Å². The van der Waals surface area contributed by atoms with E-state index < -0.39 is 0 Å². The molecule has 1 aromatic carbocycles. The van der Waals surface area contributed by atoms with Crippen molar-refractivity contribution in [1.29, 1.82) is 0 Å². The number of hydrogen-bond acceptors (Lipinski definition) is 6. The lowest BCUT2D eigenvalue weighted by atomic mass is 10.2. The first-order valence-corrected chi connectivity index (χ1v) is 7.83. The predicted molar refractivity (Wildman–Crippen MR) is 90.1 cm³/mol. The quantitative estimate of drug-likeness (QED) is 0.536. The van der Waals surface area contributed by atoms with E-state index in [2.05, 4.69) is 20.0 Å². The van der Waals surface area contributed by atoms with Crippen LogP contribution >= 0.6 is 11.5 Å². The van der Waals surface area contributed by atoms with Gasteiger partial charge in [-0.3, -0.25) is 14.6 Å². The van der Waals surface area contributed by atoms with Crippen LogP contribution in [0.2, 0.25) is 0 Å². The number of carbonyl (C=O) groups is 2. The molecule has 2 heterocycles. The van der Waals surface area contributed by atoms with Crippen molar-refractivity contribution in [2.75, 3.05) is 18.4 Å². The third-order valence-electron chi connectivity index (χ3n) is 3.24. The average Bonchev–Trinajstić information content (AvgIpc) is 3.02. The topological polar surface area (TPSA) is 84.0 Å². The molecule has 2 aromatic heterocycles. The van der Waals surface area contributed by atoms with Gasteiger partial charge in [-0.05, 0) is 35.8 Å². The van der Waals surface area contributed by atoms with Gasteiger partial charge in [0.25, 0.3) is 5.91 Å². The first kappa shape index (κ1) is 15.1. The van der Waals surface area contributed by atoms with Crippen molar-refractivity contribution >= 4 is 39.6 Å². The van der Waals surface area contributed by atoms with E-state index in [1.165, 1.54) is 23.8 Å². The summed E-state index contributed by atoms with van der Waals surface area (Å²) in [7, 11) is 0. The number of rotatable bonds is 6. The van der Waals surface area contributed by atoms with Gasteiger partial charge < -0.3 is 10.6 Å². The molecular formula is C16H14N4O2S. The number of aromatic nitrogens is 2. The second-order valence-corrected chi connectivity index (χ2v) is 5.61. The Morgan fingerprint density at radius 1 is 1.17 bits per heavy atom. The molecule has 1 amide bonds. The van der Waals surface area contributed by atoms with Crippen LogP contribution < -0.4 is 10.6 Å². The molecule has 3 aromatic rings. The Kier molecular flexibility index (Phi) is 4.58. The van der Waals surface area contributed by atoms with Crippen molar-refractivity contribution in [1.82, 2.24) is 14.7 Å². The fraction of sp³-hybridized carbons (Fsp3) is 0.125. The molecule has 0 aliphatic carbocycles. The molecule has 0 atom stereocenters. The third kappa shape index (κ3) is 3.51. The van der Waals surface area contributed by atoms with Crippen molar-refractivity contribution < 1.29 is 9.59 Å². The van der Waals surface area contributed by atoms with E-state index in [1.54, 1.807) is 6.07 Å². The van der Waals surface area contributed by atoms with Gasteiger partial charge in [-0.15, -0.1) is 0 Å². The minimum atomic E-state index is -0.271. The normalized spacial score (nSPS) is 10.4. The lowest BCUT2D eigenvalue weighted by Gasteiger charge is -2.06. The first-order valence-electron chi connectivity index (χ1n) is 7.05. The van der Waals surface area contributed by atoms with Crippen LogP contribution in [0.5, 0.6) is 0 Å². The average molecular weight is 326 g/mol. The Morgan fingerprint density at radius 2 is 2.04 bits per heavy atom. The zero-order valence-corrected chi connectivity index (χ0v) is 13.0. The molecule has 0 fully saturated rings. The van der Waals surface area contributed by atoms with Crippen molar-refractivity contribution in [3.63, 3.8) is 0 Å². The molecule has 23 heavy (non-hydrogen) atoms. The number of anilines is 1. The summed E-state index contributed by atoms with van der Waals surface area (Å²) in [5.74, 6) is 0.556. The Labute approximate surface area is 136 Å². The third-order valence-corrected chi connectivity index (χ3v) is 4.06. The van der Waals surface area contributed by atoms with E-state index in [0.717, 1.165) is 15.9 Å². The number of hydrogen-bond donors (Lipinski definition) is 2. The zero-order valence-electron chi connectivity index (χ0n) is 12.2. The van der Waals surface area contributed by atoms with Gasteiger partial charge in [0.15, 0.2) is 6.29 Å². The van der Waals surface area contributed by atoms with Crippen molar-refractivity contribution in [2.24, 2.45) is 0 Å². The van der Waals surface area contributed by atoms with Gasteiger partial charge in [0.2, 0.25) is 0 Å². The molecule has 7 heteroatoms. The van der Waals surface area contributed by atoms with Gasteiger partial charge in [-0.1, -0.05) is 12.1 Å². The van der Waals surface area contributed by atoms with Crippen LogP contribution in [0.25, 0.3) is 10.1 Å². The van der Waals surface area contributed by atoms with Crippen LogP contribution in [0.1, 0.15) is 20.8 Å². The number of benzene rings is 1. The minimum Gasteiger partial charge on any atom is -0.367 e. The summed E-state index contributed by atoms with van der Waals surface area (Å²) in [5, 5.41) is 7.06. The number of carbonyl (C=O) groups excluding carboxylic acids is 2. The van der Waals surface area contributed by atoms with Gasteiger partial charge >= 0.3 is 0 Å². The highest BCUT2D eigenvalue weighted by atomic mass is 32.1. The monoisotopic (exact) mass is 326 g/mol. The van der Waals surface area contributed by atoms with E-state index in [9.17, 15) is 9.59 Å². The molecule has 116 valence electrons. The zero-order chi connectivity index (χ0) is 16.1. The van der Waals surface area contributed by atoms with E-state index >= 15 is 0 Å². The number of amides is 1. The second kappa shape index (κ2) is 6.97. The van der Waals surface area contributed by atoms with Crippen LogP contribution in [0.3, 0.4) is 0 Å². The van der Waals surface area contributed by atoms with Crippen molar-refractivity contribution in [2.45, 2.75) is 0 Å². The molecule has 0 aliphatic heterocycles. The first-order chi connectivity index (χ1) is 11.3. The van der Waals surface area contributed by atoms with E-state index in [-0.39, 0.29) is 11.6 Å². The molecule has 0 saturated heterocycles. The Hall–Kier alpha value is -2.80. The number of pyridine rings is 1. The van der Waals surface area contributed by atoms with Gasteiger partial charge in [0.05, 0.1) is 4.70 Å². The smallest absolute Gasteiger partial charge is 0.269 e. The van der Waals surface area contributed by atoms with Crippen molar-refractivity contribution in [3.8, 4) is 0 Å². The number of aldehydes is 1. The van der Waals surface area contributed by atoms with Gasteiger partial charge in [0, 0.05) is 30.2 Å². The lowest BCUT2D eigenvalue weighted by molar-refractivity contribution is 0.0949. The predicted octanol–water partition coefficient (Wildman–Crippen LogP) is 2.35. The molecule has 0 radical (unpaired) electrons. The maximum atomic E-state index is 11.9. The molecule has 0 saturated carbocycles. The van der Waals surface area contributed by atoms with Gasteiger partial charge in [0.1, 0.15) is 11.5 Å². The largest absolute Gasteiger partial charge is 0.367 e. The summed E-state index contributed by atoms with van der Waals surface area (Å²) in [4.78, 5) is 26.4. The van der Waals surface area contributed by atoms with Gasteiger partial charge in [-0.25, -0.2) is 0 Å². The van der Waals surface area contributed by atoms with E-state index in [0.29, 0.717) is 24.9 Å². The Morgan fingerprint density at radius 3 is 2.83 bits per heavy atom. The Bertz CT molecular complexity index is 829. The second-order valence-electron chi connectivity index (χ2n) is 4.80. The molecule has 3 rings (SSSR count). The summed E-state index contributed by atoms with van der Waals surface area (Å²) in [6.45, 7) is 1.01. The molecule has 6 nitrogen and oxygen atoms in total. The lowest BCUT2D eigenvalue weighted by Crippen LogP contribution is -2.29. The molecule has 2 N–H and O–H groups in total. The molecule has 0 aliphatic rings. The highest BCUT2D eigenvalue weighted by molar-refractivity contribution is 7.13. The molecule has 0 spiro atoms. The highest BCUT2D eigenvalue weighted by Crippen LogP contribution is 2.25. The summed E-state index contributed by atoms with van der Waals surface area (Å²) in [6, 6.07) is 11.1. The Balaban J connectivity index is 1.51. The standard InChI is InChI=1S/C16H14N4O2S/c21-10-11-5-6-13(19-9-11)16(22)18-8-7-17-15-12-3-1-2-4-14(12)23-20-15/h1-6,9-10H,7-8H2,(H,17,20)(H,18,22). The van der Waals surface area contributed by atoms with E-state index in [4.69, 9.17) is 0 Å². The maximum Gasteiger partial charge on any atom is 0.269 e. The molecule has 0 bridgehead atoms. The number of nitrogens with zero attached hydrogens (tertiary/aromatic N) is 2. The highest BCUT2D eigenvalue weighted by Gasteiger charge is 2.07. The molecule has 0 unspecified atom stereocenters. The summed E-state index contributed by atoms with van der Waals surface area (Å²) in [6.07, 6.45) is 2.07. The summed E-state index contributed by atoms with van der Waals surface area (Å²) in [5.41, 5.74) is 0.730. The van der Waals surface area contributed by atoms with Crippen LogP contribution in [0, 0.1) is 0 Å². The minimum absolute atomic E-state index is 0.271. The van der Waals surface area contributed by atoms with Crippen LogP contribution in [0.4, 0.5) is 5.82 Å². The maximum absolute atomic E-state index is 11.9. The van der Waals surface area contributed by atoms with Gasteiger partial charge in [-0.2, -0.15) is 4.37 Å². The van der Waals surface area contributed by atoms with Crippen molar-refractivity contribution in [3.05, 3.63) is 53.9 Å². The number of nitrogens with one attached hydrogen (secondary N) is 2. The molecular weight excluding hydrogens is 312 g/mol. The fourth-order valence-electron chi connectivity index (χ4n) is 2.07.